The minimum atomic E-state index is 0.162. The Labute approximate surface area is 89.9 Å². The Morgan fingerprint density at radius 3 is 2.80 bits per heavy atom. The lowest BCUT2D eigenvalue weighted by atomic mass is 10.2. The van der Waals surface area contributed by atoms with Gasteiger partial charge >= 0.3 is 0 Å². The molecule has 0 radical (unpaired) electrons. The lowest BCUT2D eigenvalue weighted by Crippen LogP contribution is -2.28. The van der Waals surface area contributed by atoms with Crippen molar-refractivity contribution in [3.05, 3.63) is 17.7 Å². The lowest BCUT2D eigenvalue weighted by molar-refractivity contribution is -0.128. The molecule has 0 atom stereocenters. The van der Waals surface area contributed by atoms with Gasteiger partial charge in [0.25, 0.3) is 0 Å². The second-order valence-corrected chi connectivity index (χ2v) is 4.42. The number of likely N-dealkylation sites (N-methyl/N-ethyl adjacent to an activating group) is 1. The molecule has 4 nitrogen and oxygen atoms in total. The van der Waals surface area contributed by atoms with Gasteiger partial charge in [-0.3, -0.25) is 4.79 Å². The molecule has 82 valence electrons. The Morgan fingerprint density at radius 1 is 1.40 bits per heavy atom. The van der Waals surface area contributed by atoms with Gasteiger partial charge in [0.15, 0.2) is 0 Å². The first-order chi connectivity index (χ1) is 7.08. The van der Waals surface area contributed by atoms with Gasteiger partial charge in [0.1, 0.15) is 5.82 Å². The zero-order valence-corrected chi connectivity index (χ0v) is 9.53. The molecule has 1 amide bonds. The lowest BCUT2D eigenvalue weighted by Gasteiger charge is -2.12. The number of fused-ring (bicyclic) bond motifs is 1. The number of rotatable bonds is 1. The molecule has 0 fully saturated rings. The summed E-state index contributed by atoms with van der Waals surface area (Å²) >= 11 is 0. The first-order valence-corrected chi connectivity index (χ1v) is 5.38. The number of imidazole rings is 1. The molecule has 0 saturated heterocycles. The van der Waals surface area contributed by atoms with E-state index < -0.39 is 0 Å². The van der Waals surface area contributed by atoms with Gasteiger partial charge < -0.3 is 9.47 Å². The molecule has 1 aliphatic rings. The maximum Gasteiger partial charge on any atom is 0.229 e. The van der Waals surface area contributed by atoms with Crippen molar-refractivity contribution in [2.75, 3.05) is 13.6 Å². The van der Waals surface area contributed by atoms with Crippen LogP contribution in [0.15, 0.2) is 6.20 Å². The van der Waals surface area contributed by atoms with Crippen molar-refractivity contribution < 1.29 is 4.79 Å². The molecule has 0 aromatic carbocycles. The summed E-state index contributed by atoms with van der Waals surface area (Å²) in [5.41, 5.74) is 1.09. The zero-order valence-electron chi connectivity index (χ0n) is 9.53. The standard InChI is InChI=1S/C11H17N3O/c1-8(2)9-7-14-5-4-13(3)11(15)6-10(14)12-9/h7-8H,4-6H2,1-3H3. The number of aromatic nitrogens is 2. The molecule has 0 aliphatic carbocycles. The highest BCUT2D eigenvalue weighted by Gasteiger charge is 2.20. The summed E-state index contributed by atoms with van der Waals surface area (Å²) in [6, 6.07) is 0. The Morgan fingerprint density at radius 2 is 2.13 bits per heavy atom. The Balaban J connectivity index is 2.30. The normalized spacial score (nSPS) is 16.8. The van der Waals surface area contributed by atoms with Gasteiger partial charge in [-0.2, -0.15) is 0 Å². The van der Waals surface area contributed by atoms with Gasteiger partial charge in [-0.05, 0) is 5.92 Å². The summed E-state index contributed by atoms with van der Waals surface area (Å²) in [5.74, 6) is 1.50. The molecule has 0 unspecified atom stereocenters. The van der Waals surface area contributed by atoms with Gasteiger partial charge in [0.2, 0.25) is 5.91 Å². The van der Waals surface area contributed by atoms with Gasteiger partial charge in [0.05, 0.1) is 12.1 Å². The highest BCUT2D eigenvalue weighted by molar-refractivity contribution is 5.78. The number of carbonyl (C=O) groups is 1. The average Bonchev–Trinajstić information content (AvgIpc) is 2.52. The second-order valence-electron chi connectivity index (χ2n) is 4.42. The fourth-order valence-electron chi connectivity index (χ4n) is 1.74. The van der Waals surface area contributed by atoms with Crippen LogP contribution in [0.1, 0.15) is 31.3 Å². The van der Waals surface area contributed by atoms with E-state index in [0.29, 0.717) is 12.3 Å². The molecule has 1 aromatic rings. The van der Waals surface area contributed by atoms with Crippen LogP contribution in [-0.2, 0) is 17.8 Å². The van der Waals surface area contributed by atoms with E-state index in [2.05, 4.69) is 29.6 Å². The predicted octanol–water partition coefficient (Wildman–Crippen LogP) is 1.02. The molecule has 4 heteroatoms. The SMILES string of the molecule is CC(C)c1cn2c(n1)CC(=O)N(C)CC2. The number of hydrogen-bond acceptors (Lipinski definition) is 2. The Bertz CT molecular complexity index is 381. The van der Waals surface area contributed by atoms with Crippen molar-refractivity contribution in [3.63, 3.8) is 0 Å². The molecular weight excluding hydrogens is 190 g/mol. The van der Waals surface area contributed by atoms with Crippen molar-refractivity contribution in [1.29, 1.82) is 0 Å². The molecule has 0 spiro atoms. The summed E-state index contributed by atoms with van der Waals surface area (Å²) < 4.78 is 2.11. The predicted molar refractivity (Wildman–Crippen MR) is 57.7 cm³/mol. The molecule has 2 heterocycles. The van der Waals surface area contributed by atoms with E-state index in [9.17, 15) is 4.79 Å². The third kappa shape index (κ3) is 1.89. The molecule has 0 N–H and O–H groups in total. The van der Waals surface area contributed by atoms with Crippen molar-refractivity contribution in [3.8, 4) is 0 Å². The third-order valence-corrected chi connectivity index (χ3v) is 2.88. The number of amides is 1. The van der Waals surface area contributed by atoms with Gasteiger partial charge in [-0.15, -0.1) is 0 Å². The van der Waals surface area contributed by atoms with Crippen LogP contribution in [0.2, 0.25) is 0 Å². The number of carbonyl (C=O) groups excluding carboxylic acids is 1. The topological polar surface area (TPSA) is 38.1 Å². The largest absolute Gasteiger partial charge is 0.344 e. The Kier molecular flexibility index (Phi) is 2.50. The summed E-state index contributed by atoms with van der Waals surface area (Å²) in [6.07, 6.45) is 2.51. The highest BCUT2D eigenvalue weighted by atomic mass is 16.2. The molecule has 0 bridgehead atoms. The van der Waals surface area contributed by atoms with Crippen molar-refractivity contribution in [2.45, 2.75) is 32.7 Å². The Hall–Kier alpha value is -1.32. The first kappa shape index (κ1) is 10.2. The van der Waals surface area contributed by atoms with Crippen LogP contribution in [0, 0.1) is 0 Å². The minimum Gasteiger partial charge on any atom is -0.344 e. The molecule has 15 heavy (non-hydrogen) atoms. The van der Waals surface area contributed by atoms with Crippen LogP contribution in [0.3, 0.4) is 0 Å². The molecular formula is C11H17N3O. The van der Waals surface area contributed by atoms with E-state index in [-0.39, 0.29) is 5.91 Å². The van der Waals surface area contributed by atoms with Gasteiger partial charge in [-0.25, -0.2) is 4.98 Å². The van der Waals surface area contributed by atoms with E-state index in [4.69, 9.17) is 0 Å². The summed E-state index contributed by atoms with van der Waals surface area (Å²) in [5, 5.41) is 0. The zero-order chi connectivity index (χ0) is 11.0. The summed E-state index contributed by atoms with van der Waals surface area (Å²) in [6.45, 7) is 5.88. The fourth-order valence-corrected chi connectivity index (χ4v) is 1.74. The molecule has 2 rings (SSSR count). The monoisotopic (exact) mass is 207 g/mol. The number of hydrogen-bond donors (Lipinski definition) is 0. The summed E-state index contributed by atoms with van der Waals surface area (Å²) in [7, 11) is 1.85. The average molecular weight is 207 g/mol. The van der Waals surface area contributed by atoms with E-state index in [0.717, 1.165) is 24.6 Å². The van der Waals surface area contributed by atoms with Crippen LogP contribution in [0.25, 0.3) is 0 Å². The summed E-state index contributed by atoms with van der Waals surface area (Å²) in [4.78, 5) is 17.9. The molecule has 1 aromatic heterocycles. The second kappa shape index (κ2) is 3.68. The van der Waals surface area contributed by atoms with Crippen LogP contribution >= 0.6 is 0 Å². The van der Waals surface area contributed by atoms with Gasteiger partial charge in [-0.1, -0.05) is 13.8 Å². The van der Waals surface area contributed by atoms with Crippen molar-refractivity contribution >= 4 is 5.91 Å². The minimum absolute atomic E-state index is 0.162. The maximum atomic E-state index is 11.6. The first-order valence-electron chi connectivity index (χ1n) is 5.38. The van der Waals surface area contributed by atoms with E-state index in [1.165, 1.54) is 0 Å². The van der Waals surface area contributed by atoms with Crippen molar-refractivity contribution in [2.24, 2.45) is 0 Å². The highest BCUT2D eigenvalue weighted by Crippen LogP contribution is 2.16. The maximum absolute atomic E-state index is 11.6. The van der Waals surface area contributed by atoms with E-state index >= 15 is 0 Å². The van der Waals surface area contributed by atoms with Gasteiger partial charge in [0, 0.05) is 26.3 Å². The van der Waals surface area contributed by atoms with Crippen LogP contribution in [0.5, 0.6) is 0 Å². The number of nitrogens with zero attached hydrogens (tertiary/aromatic N) is 3. The van der Waals surface area contributed by atoms with Crippen LogP contribution in [-0.4, -0.2) is 34.0 Å². The quantitative estimate of drug-likeness (QED) is 0.689. The van der Waals surface area contributed by atoms with Crippen LogP contribution < -0.4 is 0 Å². The third-order valence-electron chi connectivity index (χ3n) is 2.88. The molecule has 0 saturated carbocycles. The smallest absolute Gasteiger partial charge is 0.229 e. The van der Waals surface area contributed by atoms with Crippen molar-refractivity contribution in [1.82, 2.24) is 14.5 Å². The van der Waals surface area contributed by atoms with E-state index in [1.807, 2.05) is 7.05 Å². The fraction of sp³-hybridized carbons (Fsp3) is 0.636. The molecule has 1 aliphatic heterocycles. The van der Waals surface area contributed by atoms with E-state index in [1.54, 1.807) is 4.90 Å². The van der Waals surface area contributed by atoms with Crippen LogP contribution in [0.4, 0.5) is 0 Å².